The first kappa shape index (κ1) is 11.5. The van der Waals surface area contributed by atoms with E-state index in [-0.39, 0.29) is 0 Å². The highest BCUT2D eigenvalue weighted by atomic mass is 79.9. The molecule has 1 fully saturated rings. The molecular weight excluding hydrogens is 228 g/mol. The smallest absolute Gasteiger partial charge is 0.0703 e. The van der Waals surface area contributed by atoms with Crippen molar-refractivity contribution in [2.24, 2.45) is 5.92 Å². The van der Waals surface area contributed by atoms with Crippen LogP contribution in [0.2, 0.25) is 0 Å². The first-order valence-corrected chi connectivity index (χ1v) is 6.30. The van der Waals surface area contributed by atoms with Crippen LogP contribution in [0.1, 0.15) is 46.5 Å². The van der Waals surface area contributed by atoms with Crippen molar-refractivity contribution in [3.8, 4) is 0 Å². The highest BCUT2D eigenvalue weighted by Crippen LogP contribution is 2.29. The molecule has 0 N–H and O–H groups in total. The Bertz CT molecular complexity index is 147. The lowest BCUT2D eigenvalue weighted by Crippen LogP contribution is -2.24. The molecule has 0 spiro atoms. The normalized spacial score (nSPS) is 31.2. The summed E-state index contributed by atoms with van der Waals surface area (Å²) in [6.45, 7) is 6.69. The van der Waals surface area contributed by atoms with E-state index in [0.717, 1.165) is 5.92 Å². The standard InChI is InChI=1S/C11H21BrO/c1-8(2)7-9(3)13-11-6-4-5-10(11)12/h8-11H,4-7H2,1-3H3. The summed E-state index contributed by atoms with van der Waals surface area (Å²) in [4.78, 5) is 0.599. The maximum atomic E-state index is 5.99. The van der Waals surface area contributed by atoms with E-state index in [1.807, 2.05) is 0 Å². The van der Waals surface area contributed by atoms with Gasteiger partial charge in [0.25, 0.3) is 0 Å². The molecule has 1 rings (SSSR count). The van der Waals surface area contributed by atoms with Gasteiger partial charge in [-0.15, -0.1) is 0 Å². The minimum Gasteiger partial charge on any atom is -0.374 e. The van der Waals surface area contributed by atoms with Gasteiger partial charge in [-0.25, -0.2) is 0 Å². The molecule has 3 unspecified atom stereocenters. The van der Waals surface area contributed by atoms with Gasteiger partial charge in [0.1, 0.15) is 0 Å². The molecule has 13 heavy (non-hydrogen) atoms. The second-order valence-electron chi connectivity index (χ2n) is 4.56. The highest BCUT2D eigenvalue weighted by molar-refractivity contribution is 9.09. The van der Waals surface area contributed by atoms with Crippen molar-refractivity contribution >= 4 is 15.9 Å². The Morgan fingerprint density at radius 2 is 2.00 bits per heavy atom. The zero-order valence-corrected chi connectivity index (χ0v) is 10.5. The van der Waals surface area contributed by atoms with Crippen LogP contribution in [0.3, 0.4) is 0 Å². The van der Waals surface area contributed by atoms with E-state index in [1.165, 1.54) is 25.7 Å². The Kier molecular flexibility index (Phi) is 4.74. The van der Waals surface area contributed by atoms with Crippen LogP contribution in [0.25, 0.3) is 0 Å². The molecule has 0 bridgehead atoms. The van der Waals surface area contributed by atoms with Crippen molar-refractivity contribution in [3.05, 3.63) is 0 Å². The van der Waals surface area contributed by atoms with Gasteiger partial charge in [-0.2, -0.15) is 0 Å². The second-order valence-corrected chi connectivity index (χ2v) is 5.74. The van der Waals surface area contributed by atoms with Crippen LogP contribution in [0.15, 0.2) is 0 Å². The summed E-state index contributed by atoms with van der Waals surface area (Å²) < 4.78 is 5.99. The van der Waals surface area contributed by atoms with Crippen LogP contribution in [0.5, 0.6) is 0 Å². The van der Waals surface area contributed by atoms with E-state index in [4.69, 9.17) is 4.74 Å². The summed E-state index contributed by atoms with van der Waals surface area (Å²) in [5.74, 6) is 0.741. The molecule has 0 aromatic rings. The highest BCUT2D eigenvalue weighted by Gasteiger charge is 2.27. The molecule has 0 heterocycles. The summed E-state index contributed by atoms with van der Waals surface area (Å²) in [5, 5.41) is 0. The third-order valence-corrected chi connectivity index (χ3v) is 3.63. The third kappa shape index (κ3) is 3.99. The van der Waals surface area contributed by atoms with Gasteiger partial charge in [0.15, 0.2) is 0 Å². The fraction of sp³-hybridized carbons (Fsp3) is 1.00. The molecule has 0 radical (unpaired) electrons. The molecule has 1 aliphatic carbocycles. The largest absolute Gasteiger partial charge is 0.374 e. The number of hydrogen-bond acceptors (Lipinski definition) is 1. The molecule has 2 heteroatoms. The fourth-order valence-electron chi connectivity index (χ4n) is 2.05. The van der Waals surface area contributed by atoms with Gasteiger partial charge < -0.3 is 4.74 Å². The van der Waals surface area contributed by atoms with Crippen molar-refractivity contribution in [1.29, 1.82) is 0 Å². The SMILES string of the molecule is CC(C)CC(C)OC1CCCC1Br. The Hall–Kier alpha value is 0.440. The number of ether oxygens (including phenoxy) is 1. The molecule has 1 aliphatic rings. The van der Waals surface area contributed by atoms with Crippen LogP contribution in [-0.4, -0.2) is 17.0 Å². The van der Waals surface area contributed by atoms with E-state index in [0.29, 0.717) is 17.0 Å². The number of halogens is 1. The predicted octanol–water partition coefficient (Wildman–Crippen LogP) is 3.75. The Balaban J connectivity index is 2.22. The Labute approximate surface area is 90.4 Å². The first-order chi connectivity index (χ1) is 6.09. The van der Waals surface area contributed by atoms with Crippen molar-refractivity contribution in [2.75, 3.05) is 0 Å². The quantitative estimate of drug-likeness (QED) is 0.689. The van der Waals surface area contributed by atoms with Crippen LogP contribution >= 0.6 is 15.9 Å². The Morgan fingerprint density at radius 3 is 2.46 bits per heavy atom. The maximum Gasteiger partial charge on any atom is 0.0703 e. The van der Waals surface area contributed by atoms with Gasteiger partial charge in [0, 0.05) is 4.83 Å². The second kappa shape index (κ2) is 5.35. The van der Waals surface area contributed by atoms with Crippen molar-refractivity contribution in [3.63, 3.8) is 0 Å². The molecular formula is C11H21BrO. The van der Waals surface area contributed by atoms with E-state index in [1.54, 1.807) is 0 Å². The van der Waals surface area contributed by atoms with Crippen molar-refractivity contribution < 1.29 is 4.74 Å². The lowest BCUT2D eigenvalue weighted by molar-refractivity contribution is -0.00412. The van der Waals surface area contributed by atoms with Gasteiger partial charge in [-0.3, -0.25) is 0 Å². The zero-order chi connectivity index (χ0) is 9.84. The average molecular weight is 249 g/mol. The van der Waals surface area contributed by atoms with Crippen LogP contribution in [0.4, 0.5) is 0 Å². The predicted molar refractivity (Wildman–Crippen MR) is 60.4 cm³/mol. The summed E-state index contributed by atoms with van der Waals surface area (Å²) in [6, 6.07) is 0. The van der Waals surface area contributed by atoms with Gasteiger partial charge >= 0.3 is 0 Å². The van der Waals surface area contributed by atoms with Gasteiger partial charge in [-0.1, -0.05) is 29.8 Å². The van der Waals surface area contributed by atoms with Crippen LogP contribution < -0.4 is 0 Å². The minimum absolute atomic E-state index is 0.420. The molecule has 0 saturated heterocycles. The van der Waals surface area contributed by atoms with Crippen LogP contribution in [0, 0.1) is 5.92 Å². The molecule has 0 aliphatic heterocycles. The first-order valence-electron chi connectivity index (χ1n) is 5.39. The summed E-state index contributed by atoms with van der Waals surface area (Å²) in [5.41, 5.74) is 0. The lowest BCUT2D eigenvalue weighted by atomic mass is 10.1. The van der Waals surface area contributed by atoms with Gasteiger partial charge in [0.2, 0.25) is 0 Å². The third-order valence-electron chi connectivity index (χ3n) is 2.58. The summed E-state index contributed by atoms with van der Waals surface area (Å²) in [7, 11) is 0. The van der Waals surface area contributed by atoms with Crippen molar-refractivity contribution in [1.82, 2.24) is 0 Å². The number of hydrogen-bond donors (Lipinski definition) is 0. The molecule has 3 atom stereocenters. The average Bonchev–Trinajstić information content (AvgIpc) is 2.34. The van der Waals surface area contributed by atoms with Crippen molar-refractivity contribution in [2.45, 2.75) is 63.5 Å². The zero-order valence-electron chi connectivity index (χ0n) is 8.92. The number of alkyl halides is 1. The number of rotatable bonds is 4. The van der Waals surface area contributed by atoms with E-state index < -0.39 is 0 Å². The molecule has 0 aromatic heterocycles. The minimum atomic E-state index is 0.420. The molecule has 0 amide bonds. The summed E-state index contributed by atoms with van der Waals surface area (Å²) in [6.07, 6.45) is 5.89. The van der Waals surface area contributed by atoms with E-state index in [9.17, 15) is 0 Å². The van der Waals surface area contributed by atoms with E-state index in [2.05, 4.69) is 36.7 Å². The topological polar surface area (TPSA) is 9.23 Å². The lowest BCUT2D eigenvalue weighted by Gasteiger charge is -2.22. The van der Waals surface area contributed by atoms with E-state index >= 15 is 0 Å². The monoisotopic (exact) mass is 248 g/mol. The Morgan fingerprint density at radius 1 is 1.31 bits per heavy atom. The fourth-order valence-corrected chi connectivity index (χ4v) is 2.76. The molecule has 0 aromatic carbocycles. The molecule has 1 saturated carbocycles. The molecule has 78 valence electrons. The maximum absolute atomic E-state index is 5.99. The van der Waals surface area contributed by atoms with Gasteiger partial charge in [0.05, 0.1) is 12.2 Å². The van der Waals surface area contributed by atoms with Crippen LogP contribution in [-0.2, 0) is 4.74 Å². The van der Waals surface area contributed by atoms with Gasteiger partial charge in [-0.05, 0) is 38.5 Å². The summed E-state index contributed by atoms with van der Waals surface area (Å²) >= 11 is 3.67. The molecule has 1 nitrogen and oxygen atoms in total.